The predicted octanol–water partition coefficient (Wildman–Crippen LogP) is 3.32. The van der Waals surface area contributed by atoms with Crippen LogP contribution in [0, 0.1) is 11.3 Å². The number of carbonyl (C=O) groups excluding carboxylic acids is 1. The lowest BCUT2D eigenvalue weighted by atomic mass is 10.2. The highest BCUT2D eigenvalue weighted by atomic mass is 16.2. The molecule has 130 valence electrons. The van der Waals surface area contributed by atoms with Crippen LogP contribution in [0.2, 0.25) is 0 Å². The summed E-state index contributed by atoms with van der Waals surface area (Å²) >= 11 is 0. The van der Waals surface area contributed by atoms with Crippen LogP contribution in [0.15, 0.2) is 53.3 Å². The number of benzene rings is 2. The maximum atomic E-state index is 12.5. The van der Waals surface area contributed by atoms with Gasteiger partial charge in [-0.05, 0) is 30.7 Å². The van der Waals surface area contributed by atoms with Crippen molar-refractivity contribution in [2.75, 3.05) is 10.6 Å². The van der Waals surface area contributed by atoms with Gasteiger partial charge in [-0.15, -0.1) is 0 Å². The molecule has 26 heavy (non-hydrogen) atoms. The number of hydrogen-bond acceptors (Lipinski definition) is 4. The van der Waals surface area contributed by atoms with Gasteiger partial charge in [0.1, 0.15) is 11.9 Å². The minimum absolute atomic E-state index is 0.355. The molecule has 2 amide bonds. The number of nitriles is 1. The Balaban J connectivity index is 1.99. The SMILES string of the molecule is CCCn1c(NC(=O)Nc2ccccc2C#N)c2ccccc2nc1=O. The largest absolute Gasteiger partial charge is 0.349 e. The highest BCUT2D eigenvalue weighted by molar-refractivity contribution is 6.04. The number of hydrogen-bond donors (Lipinski definition) is 2. The summed E-state index contributed by atoms with van der Waals surface area (Å²) in [6, 6.07) is 15.3. The number of para-hydroxylation sites is 2. The Morgan fingerprint density at radius 3 is 2.65 bits per heavy atom. The molecular formula is C19H17N5O2. The number of anilines is 2. The topological polar surface area (TPSA) is 99.8 Å². The summed E-state index contributed by atoms with van der Waals surface area (Å²) in [4.78, 5) is 28.9. The van der Waals surface area contributed by atoms with E-state index in [1.54, 1.807) is 42.5 Å². The van der Waals surface area contributed by atoms with Crippen molar-refractivity contribution in [2.45, 2.75) is 19.9 Å². The first-order valence-corrected chi connectivity index (χ1v) is 8.20. The van der Waals surface area contributed by atoms with E-state index in [0.717, 1.165) is 0 Å². The van der Waals surface area contributed by atoms with E-state index >= 15 is 0 Å². The molecule has 0 atom stereocenters. The molecule has 7 nitrogen and oxygen atoms in total. The third kappa shape index (κ3) is 3.39. The van der Waals surface area contributed by atoms with Gasteiger partial charge in [-0.25, -0.2) is 9.59 Å². The average molecular weight is 347 g/mol. The summed E-state index contributed by atoms with van der Waals surface area (Å²) in [7, 11) is 0. The molecule has 2 aromatic carbocycles. The number of amides is 2. The zero-order valence-corrected chi connectivity index (χ0v) is 14.2. The first kappa shape index (κ1) is 17.2. The Kier molecular flexibility index (Phi) is 4.94. The Morgan fingerprint density at radius 1 is 1.15 bits per heavy atom. The van der Waals surface area contributed by atoms with Gasteiger partial charge in [0.15, 0.2) is 0 Å². The van der Waals surface area contributed by atoms with Crippen molar-refractivity contribution in [3.8, 4) is 6.07 Å². The van der Waals surface area contributed by atoms with Crippen molar-refractivity contribution in [3.63, 3.8) is 0 Å². The fraction of sp³-hybridized carbons (Fsp3) is 0.158. The van der Waals surface area contributed by atoms with Gasteiger partial charge in [0, 0.05) is 11.9 Å². The Hall–Kier alpha value is -3.66. The van der Waals surface area contributed by atoms with Gasteiger partial charge in [0.25, 0.3) is 0 Å². The summed E-state index contributed by atoms with van der Waals surface area (Å²) in [5, 5.41) is 15.2. The Morgan fingerprint density at radius 2 is 1.88 bits per heavy atom. The Bertz CT molecular complexity index is 1070. The quantitative estimate of drug-likeness (QED) is 0.756. The van der Waals surface area contributed by atoms with Crippen LogP contribution in [-0.4, -0.2) is 15.6 Å². The number of carbonyl (C=O) groups is 1. The van der Waals surface area contributed by atoms with Crippen LogP contribution in [0.4, 0.5) is 16.3 Å². The van der Waals surface area contributed by atoms with Crippen molar-refractivity contribution < 1.29 is 4.79 Å². The molecule has 0 aliphatic carbocycles. The number of urea groups is 1. The summed E-state index contributed by atoms with van der Waals surface area (Å²) in [5.41, 5.74) is 0.847. The number of fused-ring (bicyclic) bond motifs is 1. The van der Waals surface area contributed by atoms with Crippen LogP contribution in [0.1, 0.15) is 18.9 Å². The molecule has 7 heteroatoms. The molecule has 3 rings (SSSR count). The van der Waals surface area contributed by atoms with Crippen LogP contribution in [0.25, 0.3) is 10.9 Å². The number of nitrogens with zero attached hydrogens (tertiary/aromatic N) is 3. The van der Waals surface area contributed by atoms with Crippen LogP contribution < -0.4 is 16.3 Å². The lowest BCUT2D eigenvalue weighted by Crippen LogP contribution is -2.29. The van der Waals surface area contributed by atoms with Crippen molar-refractivity contribution >= 4 is 28.4 Å². The molecule has 0 bridgehead atoms. The second kappa shape index (κ2) is 7.49. The fourth-order valence-corrected chi connectivity index (χ4v) is 2.69. The maximum absolute atomic E-state index is 12.5. The number of rotatable bonds is 4. The van der Waals surface area contributed by atoms with E-state index < -0.39 is 11.7 Å². The predicted molar refractivity (Wildman–Crippen MR) is 100 cm³/mol. The van der Waals surface area contributed by atoms with Crippen molar-refractivity contribution in [1.29, 1.82) is 5.26 Å². The van der Waals surface area contributed by atoms with Crippen LogP contribution in [-0.2, 0) is 6.54 Å². The van der Waals surface area contributed by atoms with Crippen molar-refractivity contribution in [1.82, 2.24) is 9.55 Å². The number of aromatic nitrogens is 2. The molecule has 2 N–H and O–H groups in total. The Labute approximate surface area is 149 Å². The smallest absolute Gasteiger partial charge is 0.306 e. The van der Waals surface area contributed by atoms with Crippen LogP contribution >= 0.6 is 0 Å². The molecule has 1 heterocycles. The highest BCUT2D eigenvalue weighted by Gasteiger charge is 2.14. The van der Waals surface area contributed by atoms with Crippen LogP contribution in [0.5, 0.6) is 0 Å². The normalized spacial score (nSPS) is 10.3. The summed E-state index contributed by atoms with van der Waals surface area (Å²) in [6.45, 7) is 2.37. The monoisotopic (exact) mass is 347 g/mol. The zero-order chi connectivity index (χ0) is 18.5. The first-order chi connectivity index (χ1) is 12.6. The second-order valence-electron chi connectivity index (χ2n) is 5.65. The highest BCUT2D eigenvalue weighted by Crippen LogP contribution is 2.21. The summed E-state index contributed by atoms with van der Waals surface area (Å²) < 4.78 is 1.44. The van der Waals surface area contributed by atoms with Gasteiger partial charge in [-0.1, -0.05) is 31.2 Å². The number of nitrogens with one attached hydrogen (secondary N) is 2. The first-order valence-electron chi connectivity index (χ1n) is 8.20. The van der Waals surface area contributed by atoms with Crippen molar-refractivity contribution in [3.05, 3.63) is 64.6 Å². The van der Waals surface area contributed by atoms with E-state index in [0.29, 0.717) is 40.9 Å². The van der Waals surface area contributed by atoms with E-state index in [-0.39, 0.29) is 0 Å². The van der Waals surface area contributed by atoms with E-state index in [9.17, 15) is 9.59 Å². The van der Waals surface area contributed by atoms with E-state index in [1.165, 1.54) is 4.57 Å². The van der Waals surface area contributed by atoms with Gasteiger partial charge in [0.2, 0.25) is 0 Å². The van der Waals surface area contributed by atoms with Crippen molar-refractivity contribution in [2.24, 2.45) is 0 Å². The van der Waals surface area contributed by atoms with E-state index in [1.807, 2.05) is 19.1 Å². The third-order valence-corrected chi connectivity index (χ3v) is 3.85. The molecule has 0 saturated heterocycles. The maximum Gasteiger partial charge on any atom is 0.349 e. The minimum Gasteiger partial charge on any atom is -0.306 e. The molecule has 3 aromatic rings. The van der Waals surface area contributed by atoms with Gasteiger partial charge >= 0.3 is 11.7 Å². The van der Waals surface area contributed by atoms with Gasteiger partial charge in [-0.3, -0.25) is 9.88 Å². The van der Waals surface area contributed by atoms with Gasteiger partial charge < -0.3 is 5.32 Å². The van der Waals surface area contributed by atoms with E-state index in [4.69, 9.17) is 5.26 Å². The molecule has 0 saturated carbocycles. The molecule has 0 aliphatic heterocycles. The molecule has 0 aliphatic rings. The molecule has 1 aromatic heterocycles. The summed E-state index contributed by atoms with van der Waals surface area (Å²) in [5.74, 6) is 0.384. The second-order valence-corrected chi connectivity index (χ2v) is 5.65. The lowest BCUT2D eigenvalue weighted by Gasteiger charge is -2.16. The molecular weight excluding hydrogens is 330 g/mol. The third-order valence-electron chi connectivity index (χ3n) is 3.85. The zero-order valence-electron chi connectivity index (χ0n) is 14.2. The lowest BCUT2D eigenvalue weighted by molar-refractivity contribution is 0.262. The average Bonchev–Trinajstić information content (AvgIpc) is 2.65. The van der Waals surface area contributed by atoms with E-state index in [2.05, 4.69) is 15.6 Å². The summed E-state index contributed by atoms with van der Waals surface area (Å²) in [6.07, 6.45) is 0.716. The molecule has 0 spiro atoms. The van der Waals surface area contributed by atoms with Gasteiger partial charge in [-0.2, -0.15) is 10.2 Å². The molecule has 0 unspecified atom stereocenters. The molecule has 0 fully saturated rings. The van der Waals surface area contributed by atoms with Gasteiger partial charge in [0.05, 0.1) is 16.8 Å². The minimum atomic E-state index is -0.534. The fourth-order valence-electron chi connectivity index (χ4n) is 2.69. The standard InChI is InChI=1S/C19H17N5O2/c1-2-11-24-17(14-8-4-6-10-16(14)22-19(24)26)23-18(25)21-15-9-5-3-7-13(15)12-20/h3-10H,2,11H2,1H3,(H2,21,23,25). The van der Waals surface area contributed by atoms with Crippen LogP contribution in [0.3, 0.4) is 0 Å². The molecule has 0 radical (unpaired) electrons.